The van der Waals surface area contributed by atoms with Gasteiger partial charge in [0.2, 0.25) is 11.8 Å². The lowest BCUT2D eigenvalue weighted by Crippen LogP contribution is -2.32. The summed E-state index contributed by atoms with van der Waals surface area (Å²) in [6.45, 7) is 5.83. The minimum absolute atomic E-state index is 0.0807. The van der Waals surface area contributed by atoms with Crippen molar-refractivity contribution in [3.05, 3.63) is 53.6 Å². The predicted molar refractivity (Wildman–Crippen MR) is 100 cm³/mol. The first kappa shape index (κ1) is 18.5. The lowest BCUT2D eigenvalue weighted by Gasteiger charge is -2.23. The Morgan fingerprint density at radius 2 is 1.84 bits per heavy atom. The fourth-order valence-corrected chi connectivity index (χ4v) is 2.61. The summed E-state index contributed by atoms with van der Waals surface area (Å²) in [5.41, 5.74) is 3.68. The van der Waals surface area contributed by atoms with Crippen molar-refractivity contribution in [1.29, 1.82) is 0 Å². The first-order valence-corrected chi connectivity index (χ1v) is 8.20. The Bertz CT molecular complexity index is 771. The van der Waals surface area contributed by atoms with Gasteiger partial charge in [0, 0.05) is 37.3 Å². The molecule has 0 fully saturated rings. The van der Waals surface area contributed by atoms with Gasteiger partial charge in [0.15, 0.2) is 0 Å². The molecule has 2 aromatic carbocycles. The number of anilines is 2. The Balaban J connectivity index is 2.04. The van der Waals surface area contributed by atoms with Gasteiger partial charge in [-0.3, -0.25) is 9.59 Å². The average molecular weight is 340 g/mol. The van der Waals surface area contributed by atoms with Crippen molar-refractivity contribution in [3.63, 3.8) is 0 Å². The van der Waals surface area contributed by atoms with E-state index in [1.54, 1.807) is 24.1 Å². The van der Waals surface area contributed by atoms with Gasteiger partial charge in [-0.15, -0.1) is 0 Å². The van der Waals surface area contributed by atoms with Gasteiger partial charge in [-0.05, 0) is 43.2 Å². The average Bonchev–Trinajstić information content (AvgIpc) is 2.58. The number of carbonyl (C=O) groups excluding carboxylic acids is 2. The molecular formula is C20H24N2O3. The number of nitrogens with one attached hydrogen (secondary N) is 1. The van der Waals surface area contributed by atoms with Gasteiger partial charge in [0.1, 0.15) is 5.75 Å². The second-order valence-electron chi connectivity index (χ2n) is 5.92. The molecule has 2 aromatic rings. The highest BCUT2D eigenvalue weighted by Crippen LogP contribution is 2.23. The second kappa shape index (κ2) is 8.33. The largest absolute Gasteiger partial charge is 0.497 e. The van der Waals surface area contributed by atoms with Gasteiger partial charge in [-0.25, -0.2) is 0 Å². The Morgan fingerprint density at radius 3 is 2.52 bits per heavy atom. The van der Waals surface area contributed by atoms with Crippen LogP contribution in [0.2, 0.25) is 0 Å². The summed E-state index contributed by atoms with van der Waals surface area (Å²) in [4.78, 5) is 25.9. The summed E-state index contributed by atoms with van der Waals surface area (Å²) in [5.74, 6) is 0.450. The highest BCUT2D eigenvalue weighted by molar-refractivity contribution is 5.95. The zero-order chi connectivity index (χ0) is 18.4. The lowest BCUT2D eigenvalue weighted by molar-refractivity contribution is -0.117. The molecule has 2 rings (SSSR count). The van der Waals surface area contributed by atoms with E-state index in [0.717, 1.165) is 16.8 Å². The molecule has 5 nitrogen and oxygen atoms in total. The molecule has 0 atom stereocenters. The third kappa shape index (κ3) is 4.83. The topological polar surface area (TPSA) is 58.6 Å². The van der Waals surface area contributed by atoms with Crippen LogP contribution in [0.4, 0.5) is 11.4 Å². The van der Waals surface area contributed by atoms with E-state index in [1.807, 2.05) is 44.2 Å². The number of ether oxygens (including phenoxy) is 1. The van der Waals surface area contributed by atoms with Crippen molar-refractivity contribution in [2.45, 2.75) is 27.2 Å². The normalized spacial score (nSPS) is 10.2. The Kier molecular flexibility index (Phi) is 6.17. The molecule has 0 saturated heterocycles. The van der Waals surface area contributed by atoms with Crippen molar-refractivity contribution >= 4 is 23.2 Å². The van der Waals surface area contributed by atoms with E-state index >= 15 is 0 Å². The van der Waals surface area contributed by atoms with E-state index in [9.17, 15) is 9.59 Å². The van der Waals surface area contributed by atoms with Crippen LogP contribution in [0.25, 0.3) is 0 Å². The van der Waals surface area contributed by atoms with Crippen LogP contribution < -0.4 is 15.0 Å². The number of carbonyl (C=O) groups is 2. The maximum atomic E-state index is 12.2. The highest BCUT2D eigenvalue weighted by Gasteiger charge is 2.16. The number of rotatable bonds is 6. The van der Waals surface area contributed by atoms with Crippen molar-refractivity contribution in [2.24, 2.45) is 0 Å². The number of methoxy groups -OCH3 is 1. The Labute approximate surface area is 148 Å². The first-order valence-electron chi connectivity index (χ1n) is 8.20. The van der Waals surface area contributed by atoms with E-state index in [0.29, 0.717) is 18.0 Å². The first-order chi connectivity index (χ1) is 11.9. The van der Waals surface area contributed by atoms with E-state index in [2.05, 4.69) is 5.32 Å². The highest BCUT2D eigenvalue weighted by atomic mass is 16.5. The molecule has 0 aromatic heterocycles. The monoisotopic (exact) mass is 340 g/mol. The third-order valence-electron chi connectivity index (χ3n) is 4.16. The van der Waals surface area contributed by atoms with E-state index in [-0.39, 0.29) is 18.2 Å². The van der Waals surface area contributed by atoms with Crippen LogP contribution in [0, 0.1) is 13.8 Å². The maximum Gasteiger partial charge on any atom is 0.226 e. The number of amides is 2. The minimum atomic E-state index is -0.148. The molecule has 5 heteroatoms. The molecular weight excluding hydrogens is 316 g/mol. The molecule has 0 bridgehead atoms. The molecule has 0 aliphatic carbocycles. The van der Waals surface area contributed by atoms with Gasteiger partial charge in [0.25, 0.3) is 0 Å². The Hall–Kier alpha value is -2.82. The summed E-state index contributed by atoms with van der Waals surface area (Å²) >= 11 is 0. The molecule has 25 heavy (non-hydrogen) atoms. The smallest absolute Gasteiger partial charge is 0.226 e. The molecule has 1 N–H and O–H groups in total. The van der Waals surface area contributed by atoms with Crippen LogP contribution >= 0.6 is 0 Å². The lowest BCUT2D eigenvalue weighted by atomic mass is 10.1. The number of hydrogen-bond donors (Lipinski definition) is 1. The summed E-state index contributed by atoms with van der Waals surface area (Å²) < 4.78 is 5.14. The quantitative estimate of drug-likeness (QED) is 0.872. The number of hydrogen-bond acceptors (Lipinski definition) is 3. The second-order valence-corrected chi connectivity index (χ2v) is 5.92. The fraction of sp³-hybridized carbons (Fsp3) is 0.300. The molecule has 0 saturated carbocycles. The predicted octanol–water partition coefficient (Wildman–Crippen LogP) is 3.69. The van der Waals surface area contributed by atoms with Crippen LogP contribution in [0.15, 0.2) is 42.5 Å². The van der Waals surface area contributed by atoms with Gasteiger partial charge < -0.3 is 15.0 Å². The number of benzene rings is 2. The molecule has 132 valence electrons. The van der Waals surface area contributed by atoms with Gasteiger partial charge in [-0.2, -0.15) is 0 Å². The summed E-state index contributed by atoms with van der Waals surface area (Å²) in [7, 11) is 1.58. The molecule has 0 radical (unpaired) electrons. The van der Waals surface area contributed by atoms with Crippen LogP contribution in [0.1, 0.15) is 24.5 Å². The Morgan fingerprint density at radius 1 is 1.12 bits per heavy atom. The minimum Gasteiger partial charge on any atom is -0.497 e. The van der Waals surface area contributed by atoms with Crippen molar-refractivity contribution in [3.8, 4) is 5.75 Å². The molecule has 0 heterocycles. The molecule has 0 spiro atoms. The van der Waals surface area contributed by atoms with Gasteiger partial charge in [-0.1, -0.05) is 18.2 Å². The summed E-state index contributed by atoms with van der Waals surface area (Å²) in [6, 6.07) is 13.0. The molecule has 0 unspecified atom stereocenters. The van der Waals surface area contributed by atoms with Crippen molar-refractivity contribution in [1.82, 2.24) is 0 Å². The van der Waals surface area contributed by atoms with E-state index < -0.39 is 0 Å². The van der Waals surface area contributed by atoms with E-state index in [1.165, 1.54) is 6.92 Å². The van der Waals surface area contributed by atoms with E-state index in [4.69, 9.17) is 4.74 Å². The number of nitrogens with zero attached hydrogens (tertiary/aromatic N) is 1. The maximum absolute atomic E-state index is 12.2. The molecule has 2 amide bonds. The standard InChI is InChI=1S/C20H24N2O3/c1-14-7-5-10-19(15(14)2)22(16(3)23)12-11-20(24)21-17-8-6-9-18(13-17)25-4/h5-10,13H,11-12H2,1-4H3,(H,21,24). The van der Waals surface area contributed by atoms with Crippen LogP contribution in [0.5, 0.6) is 5.75 Å². The summed E-state index contributed by atoms with van der Waals surface area (Å²) in [6.07, 6.45) is 0.212. The fourth-order valence-electron chi connectivity index (χ4n) is 2.61. The van der Waals surface area contributed by atoms with Gasteiger partial charge >= 0.3 is 0 Å². The SMILES string of the molecule is COc1cccc(NC(=O)CCN(C(C)=O)c2cccc(C)c2C)c1. The van der Waals surface area contributed by atoms with Crippen molar-refractivity contribution < 1.29 is 14.3 Å². The van der Waals surface area contributed by atoms with Gasteiger partial charge in [0.05, 0.1) is 7.11 Å². The molecule has 0 aliphatic rings. The van der Waals surface area contributed by atoms with Crippen molar-refractivity contribution in [2.75, 3.05) is 23.9 Å². The zero-order valence-electron chi connectivity index (χ0n) is 15.1. The number of aryl methyl sites for hydroxylation is 1. The van der Waals surface area contributed by atoms with Crippen LogP contribution in [0.3, 0.4) is 0 Å². The summed E-state index contributed by atoms with van der Waals surface area (Å²) in [5, 5.41) is 2.83. The third-order valence-corrected chi connectivity index (χ3v) is 4.16. The zero-order valence-corrected chi connectivity index (χ0v) is 15.1. The van der Waals surface area contributed by atoms with Crippen LogP contribution in [-0.2, 0) is 9.59 Å². The molecule has 0 aliphatic heterocycles. The van der Waals surface area contributed by atoms with Crippen LogP contribution in [-0.4, -0.2) is 25.5 Å².